The summed E-state index contributed by atoms with van der Waals surface area (Å²) in [6.45, 7) is 6.92. The third kappa shape index (κ3) is 3.27. The predicted octanol–water partition coefficient (Wildman–Crippen LogP) is -0.755. The maximum absolute atomic E-state index is 12.5. The van der Waals surface area contributed by atoms with Crippen molar-refractivity contribution in [2.75, 3.05) is 13.6 Å². The summed E-state index contributed by atoms with van der Waals surface area (Å²) in [5.74, 6) is -2.48. The van der Waals surface area contributed by atoms with Crippen molar-refractivity contribution in [2.45, 2.75) is 70.0 Å². The Bertz CT molecular complexity index is 536. The first kappa shape index (κ1) is 17.6. The van der Waals surface area contributed by atoms with E-state index in [4.69, 9.17) is 23.7 Å². The molecule has 0 bridgehead atoms. The maximum atomic E-state index is 12.5. The van der Waals surface area contributed by atoms with Crippen LogP contribution in [0.25, 0.3) is 0 Å². The maximum Gasteiger partial charge on any atom is 0.252 e. The molecule has 9 heteroatoms. The van der Waals surface area contributed by atoms with E-state index in [1.807, 2.05) is 0 Å². The minimum atomic E-state index is -0.958. The minimum absolute atomic E-state index is 0.145. The molecule has 3 saturated heterocycles. The molecule has 24 heavy (non-hydrogen) atoms. The average Bonchev–Trinajstić information content (AvgIpc) is 2.97. The fourth-order valence-electron chi connectivity index (χ4n) is 3.18. The lowest BCUT2D eigenvalue weighted by atomic mass is 9.98. The van der Waals surface area contributed by atoms with Crippen LogP contribution in [0.1, 0.15) is 27.7 Å². The molecule has 0 aliphatic carbocycles. The minimum Gasteiger partial charge on any atom is -0.358 e. The quantitative estimate of drug-likeness (QED) is 0.694. The average molecular weight is 344 g/mol. The largest absolute Gasteiger partial charge is 0.358 e. The van der Waals surface area contributed by atoms with Crippen LogP contribution in [0.15, 0.2) is 0 Å². The van der Waals surface area contributed by atoms with E-state index in [-0.39, 0.29) is 12.5 Å². The Labute approximate surface area is 140 Å². The van der Waals surface area contributed by atoms with Gasteiger partial charge in [-0.1, -0.05) is 0 Å². The molecule has 3 aliphatic heterocycles. The van der Waals surface area contributed by atoms with Crippen LogP contribution in [-0.4, -0.2) is 67.7 Å². The van der Waals surface area contributed by atoms with Crippen molar-refractivity contribution in [3.05, 3.63) is 0 Å². The van der Waals surface area contributed by atoms with E-state index in [1.165, 1.54) is 7.05 Å². The summed E-state index contributed by atoms with van der Waals surface area (Å²) in [6, 6.07) is 0. The SMILES string of the molecule is CNC(=O)CNC(=O)[C@@H]1O[C@@H]2OC(C)(C)O[C@@H]2[C@H]2OC(C)(C)O[C@H]21. The van der Waals surface area contributed by atoms with Gasteiger partial charge in [0, 0.05) is 7.05 Å². The highest BCUT2D eigenvalue weighted by Gasteiger charge is 2.62. The molecule has 0 radical (unpaired) electrons. The predicted molar refractivity (Wildman–Crippen MR) is 79.6 cm³/mol. The molecular formula is C15H24N2O7. The summed E-state index contributed by atoms with van der Waals surface area (Å²) in [7, 11) is 1.49. The second-order valence-corrected chi connectivity index (χ2v) is 6.98. The van der Waals surface area contributed by atoms with Gasteiger partial charge in [0.15, 0.2) is 24.0 Å². The van der Waals surface area contributed by atoms with E-state index < -0.39 is 48.2 Å². The number of rotatable bonds is 3. The zero-order valence-electron chi connectivity index (χ0n) is 14.5. The van der Waals surface area contributed by atoms with Crippen molar-refractivity contribution < 1.29 is 33.3 Å². The second-order valence-electron chi connectivity index (χ2n) is 6.98. The first-order valence-electron chi connectivity index (χ1n) is 7.97. The fourth-order valence-corrected chi connectivity index (χ4v) is 3.18. The molecule has 0 unspecified atom stereocenters. The van der Waals surface area contributed by atoms with Crippen molar-refractivity contribution in [3.8, 4) is 0 Å². The first-order valence-corrected chi connectivity index (χ1v) is 7.97. The van der Waals surface area contributed by atoms with Crippen molar-refractivity contribution in [3.63, 3.8) is 0 Å². The molecule has 0 aromatic rings. The van der Waals surface area contributed by atoms with E-state index in [0.717, 1.165) is 0 Å². The molecule has 0 saturated carbocycles. The molecule has 0 aromatic carbocycles. The molecule has 3 fully saturated rings. The van der Waals surface area contributed by atoms with Crippen molar-refractivity contribution in [1.82, 2.24) is 10.6 Å². The molecule has 9 nitrogen and oxygen atoms in total. The van der Waals surface area contributed by atoms with Crippen LogP contribution in [0, 0.1) is 0 Å². The highest BCUT2D eigenvalue weighted by Crippen LogP contribution is 2.44. The van der Waals surface area contributed by atoms with E-state index >= 15 is 0 Å². The zero-order valence-corrected chi connectivity index (χ0v) is 14.5. The molecule has 3 aliphatic rings. The normalized spacial score (nSPS) is 39.0. The molecule has 0 aromatic heterocycles. The lowest BCUT2D eigenvalue weighted by molar-refractivity contribution is -0.231. The summed E-state index contributed by atoms with van der Waals surface area (Å²) >= 11 is 0. The van der Waals surface area contributed by atoms with Crippen molar-refractivity contribution in [2.24, 2.45) is 0 Å². The van der Waals surface area contributed by atoms with Gasteiger partial charge in [-0.05, 0) is 27.7 Å². The Hall–Kier alpha value is -1.26. The van der Waals surface area contributed by atoms with Crippen LogP contribution in [0.5, 0.6) is 0 Å². The van der Waals surface area contributed by atoms with E-state index in [0.29, 0.717) is 0 Å². The number of nitrogens with one attached hydrogen (secondary N) is 2. The molecule has 2 N–H and O–H groups in total. The molecule has 0 spiro atoms. The number of amides is 2. The van der Waals surface area contributed by atoms with Crippen LogP contribution in [-0.2, 0) is 33.3 Å². The number of carbonyl (C=O) groups is 2. The summed E-state index contributed by atoms with van der Waals surface area (Å²) in [6.07, 6.45) is -3.34. The van der Waals surface area contributed by atoms with E-state index in [2.05, 4.69) is 10.6 Å². The number of hydrogen-bond acceptors (Lipinski definition) is 7. The van der Waals surface area contributed by atoms with E-state index in [9.17, 15) is 9.59 Å². The van der Waals surface area contributed by atoms with Crippen LogP contribution in [0.2, 0.25) is 0 Å². The topological polar surface area (TPSA) is 104 Å². The summed E-state index contributed by atoms with van der Waals surface area (Å²) in [5.41, 5.74) is 0. The standard InChI is InChI=1S/C15H24N2O7/c1-14(2)21-8-9(22-14)11-13(24-15(3,4)23-11)20-10(8)12(19)17-6-7(18)16-5/h8-11,13H,6H2,1-5H3,(H,16,18)(H,17,19)/t8-,9+,10-,11-,13-/m1/s1. The molecule has 3 heterocycles. The van der Waals surface area contributed by atoms with Gasteiger partial charge < -0.3 is 34.3 Å². The van der Waals surface area contributed by atoms with Gasteiger partial charge >= 0.3 is 0 Å². The zero-order chi connectivity index (χ0) is 17.7. The number of hydrogen-bond donors (Lipinski definition) is 2. The summed E-state index contributed by atoms with van der Waals surface area (Å²) < 4.78 is 29.1. The van der Waals surface area contributed by atoms with Gasteiger partial charge in [-0.3, -0.25) is 9.59 Å². The molecule has 136 valence electrons. The van der Waals surface area contributed by atoms with Gasteiger partial charge in [-0.15, -0.1) is 0 Å². The number of likely N-dealkylation sites (N-methyl/N-ethyl adjacent to an activating group) is 1. The molecule has 5 atom stereocenters. The number of carbonyl (C=O) groups excluding carboxylic acids is 2. The molecular weight excluding hydrogens is 320 g/mol. The molecule has 2 amide bonds. The van der Waals surface area contributed by atoms with Crippen LogP contribution in [0.4, 0.5) is 0 Å². The highest BCUT2D eigenvalue weighted by atomic mass is 16.9. The number of ether oxygens (including phenoxy) is 5. The first-order chi connectivity index (χ1) is 11.1. The summed E-state index contributed by atoms with van der Waals surface area (Å²) in [5, 5.41) is 4.97. The number of fused-ring (bicyclic) bond motifs is 3. The smallest absolute Gasteiger partial charge is 0.252 e. The van der Waals surface area contributed by atoms with E-state index in [1.54, 1.807) is 27.7 Å². The van der Waals surface area contributed by atoms with Gasteiger partial charge in [0.25, 0.3) is 5.91 Å². The van der Waals surface area contributed by atoms with Crippen molar-refractivity contribution >= 4 is 11.8 Å². The second kappa shape index (κ2) is 5.92. The third-order valence-corrected chi connectivity index (χ3v) is 4.12. The lowest BCUT2D eigenvalue weighted by Gasteiger charge is -2.36. The van der Waals surface area contributed by atoms with Gasteiger partial charge in [-0.25, -0.2) is 0 Å². The molecule has 3 rings (SSSR count). The Morgan fingerprint density at radius 2 is 1.50 bits per heavy atom. The van der Waals surface area contributed by atoms with Crippen LogP contribution in [0.3, 0.4) is 0 Å². The summed E-state index contributed by atoms with van der Waals surface area (Å²) in [4.78, 5) is 23.8. The Morgan fingerprint density at radius 3 is 2.17 bits per heavy atom. The van der Waals surface area contributed by atoms with Gasteiger partial charge in [0.1, 0.15) is 18.3 Å². The Morgan fingerprint density at radius 1 is 0.917 bits per heavy atom. The van der Waals surface area contributed by atoms with Gasteiger partial charge in [-0.2, -0.15) is 0 Å². The van der Waals surface area contributed by atoms with Crippen molar-refractivity contribution in [1.29, 1.82) is 0 Å². The van der Waals surface area contributed by atoms with Crippen LogP contribution >= 0.6 is 0 Å². The third-order valence-electron chi connectivity index (χ3n) is 4.12. The van der Waals surface area contributed by atoms with Crippen LogP contribution < -0.4 is 10.6 Å². The Balaban J connectivity index is 1.77. The monoisotopic (exact) mass is 344 g/mol. The van der Waals surface area contributed by atoms with Gasteiger partial charge in [0.05, 0.1) is 6.54 Å². The van der Waals surface area contributed by atoms with Gasteiger partial charge in [0.2, 0.25) is 5.91 Å². The highest BCUT2D eigenvalue weighted by molar-refractivity contribution is 5.87. The lowest BCUT2D eigenvalue weighted by Crippen LogP contribution is -2.60. The Kier molecular flexibility index (Phi) is 4.33. The fraction of sp³-hybridized carbons (Fsp3) is 0.867.